The van der Waals surface area contributed by atoms with Gasteiger partial charge in [0.2, 0.25) is 0 Å². The smallest absolute Gasteiger partial charge is 0.251 e. The van der Waals surface area contributed by atoms with Crippen LogP contribution in [-0.4, -0.2) is 32.3 Å². The van der Waals surface area contributed by atoms with E-state index in [-0.39, 0.29) is 11.5 Å². The van der Waals surface area contributed by atoms with E-state index >= 15 is 0 Å². The van der Waals surface area contributed by atoms with Gasteiger partial charge in [0.25, 0.3) is 5.91 Å². The summed E-state index contributed by atoms with van der Waals surface area (Å²) in [5.74, 6) is 0.640. The van der Waals surface area contributed by atoms with Crippen molar-refractivity contribution >= 4 is 5.91 Å². The fraction of sp³-hybridized carbons (Fsp3) is 0.316. The molecule has 1 amide bonds. The van der Waals surface area contributed by atoms with Crippen LogP contribution < -0.4 is 10.1 Å². The molecule has 0 fully saturated rings. The first kappa shape index (κ1) is 15.6. The molecule has 1 aliphatic carbocycles. The third kappa shape index (κ3) is 3.22. The highest BCUT2D eigenvalue weighted by molar-refractivity contribution is 5.94. The number of ether oxygens (including phenoxy) is 2. The second-order valence-electron chi connectivity index (χ2n) is 5.92. The SMILES string of the molecule is COc1ccc(C(=O)NCC2(OC)Cc3ccccc3C2)cc1. The van der Waals surface area contributed by atoms with Crippen molar-refractivity contribution in [3.05, 3.63) is 65.2 Å². The lowest BCUT2D eigenvalue weighted by molar-refractivity contribution is 0.000176. The quantitative estimate of drug-likeness (QED) is 0.923. The number of hydrogen-bond donors (Lipinski definition) is 1. The number of rotatable bonds is 5. The minimum atomic E-state index is -0.355. The van der Waals surface area contributed by atoms with Gasteiger partial charge in [0, 0.05) is 32.1 Å². The Morgan fingerprint density at radius 3 is 2.17 bits per heavy atom. The number of carbonyl (C=O) groups is 1. The summed E-state index contributed by atoms with van der Waals surface area (Å²) >= 11 is 0. The highest BCUT2D eigenvalue weighted by Crippen LogP contribution is 2.32. The average Bonchev–Trinajstić information content (AvgIpc) is 2.99. The molecule has 0 atom stereocenters. The van der Waals surface area contributed by atoms with Crippen LogP contribution in [0.25, 0.3) is 0 Å². The van der Waals surface area contributed by atoms with Gasteiger partial charge in [0.15, 0.2) is 0 Å². The van der Waals surface area contributed by atoms with Crippen molar-refractivity contribution in [2.45, 2.75) is 18.4 Å². The van der Waals surface area contributed by atoms with Crippen molar-refractivity contribution in [1.29, 1.82) is 0 Å². The predicted molar refractivity (Wildman–Crippen MR) is 88.9 cm³/mol. The summed E-state index contributed by atoms with van der Waals surface area (Å²) in [4.78, 5) is 12.3. The van der Waals surface area contributed by atoms with Gasteiger partial charge in [-0.25, -0.2) is 0 Å². The van der Waals surface area contributed by atoms with Crippen LogP contribution in [0.15, 0.2) is 48.5 Å². The molecule has 0 saturated carbocycles. The largest absolute Gasteiger partial charge is 0.497 e. The Kier molecular flexibility index (Phi) is 4.35. The lowest BCUT2D eigenvalue weighted by Gasteiger charge is -2.27. The molecule has 0 bridgehead atoms. The topological polar surface area (TPSA) is 47.6 Å². The molecule has 0 radical (unpaired) electrons. The summed E-state index contributed by atoms with van der Waals surface area (Å²) in [6.45, 7) is 0.489. The first-order valence-electron chi connectivity index (χ1n) is 7.70. The number of methoxy groups -OCH3 is 2. The third-order valence-electron chi connectivity index (χ3n) is 4.50. The van der Waals surface area contributed by atoms with Gasteiger partial charge in [-0.2, -0.15) is 0 Å². The van der Waals surface area contributed by atoms with Crippen LogP contribution in [0, 0.1) is 0 Å². The van der Waals surface area contributed by atoms with Crippen LogP contribution in [0.2, 0.25) is 0 Å². The third-order valence-corrected chi connectivity index (χ3v) is 4.50. The number of benzene rings is 2. The number of fused-ring (bicyclic) bond motifs is 1. The fourth-order valence-electron chi connectivity index (χ4n) is 3.09. The number of hydrogen-bond acceptors (Lipinski definition) is 3. The van der Waals surface area contributed by atoms with Crippen molar-refractivity contribution in [2.24, 2.45) is 0 Å². The maximum atomic E-state index is 12.3. The minimum absolute atomic E-state index is 0.0972. The maximum Gasteiger partial charge on any atom is 0.251 e. The van der Waals surface area contributed by atoms with Crippen molar-refractivity contribution in [1.82, 2.24) is 5.32 Å². The molecular weight excluding hydrogens is 290 g/mol. The number of amides is 1. The van der Waals surface area contributed by atoms with Gasteiger partial charge in [-0.3, -0.25) is 4.79 Å². The molecule has 1 N–H and O–H groups in total. The first-order valence-corrected chi connectivity index (χ1v) is 7.70. The van der Waals surface area contributed by atoms with Crippen LogP contribution in [-0.2, 0) is 17.6 Å². The summed E-state index contributed by atoms with van der Waals surface area (Å²) in [5, 5.41) is 3.00. The highest BCUT2D eigenvalue weighted by Gasteiger charge is 2.37. The Morgan fingerprint density at radius 1 is 1.04 bits per heavy atom. The Bertz CT molecular complexity index is 669. The lowest BCUT2D eigenvalue weighted by atomic mass is 10.00. The van der Waals surface area contributed by atoms with E-state index in [2.05, 4.69) is 17.4 Å². The summed E-state index contributed by atoms with van der Waals surface area (Å²) in [5.41, 5.74) is 2.86. The van der Waals surface area contributed by atoms with Crippen LogP contribution in [0.4, 0.5) is 0 Å². The van der Waals surface area contributed by atoms with E-state index in [4.69, 9.17) is 9.47 Å². The van der Waals surface area contributed by atoms with Gasteiger partial charge >= 0.3 is 0 Å². The standard InChI is InChI=1S/C19H21NO3/c1-22-17-9-7-14(8-10-17)18(21)20-13-19(23-2)11-15-5-3-4-6-16(15)12-19/h3-10H,11-13H2,1-2H3,(H,20,21). The maximum absolute atomic E-state index is 12.3. The molecule has 0 saturated heterocycles. The molecule has 0 aliphatic heterocycles. The lowest BCUT2D eigenvalue weighted by Crippen LogP contribution is -2.45. The zero-order chi connectivity index (χ0) is 16.3. The molecule has 2 aromatic rings. The second kappa shape index (κ2) is 6.42. The zero-order valence-electron chi connectivity index (χ0n) is 13.5. The van der Waals surface area contributed by atoms with E-state index in [0.29, 0.717) is 12.1 Å². The average molecular weight is 311 g/mol. The highest BCUT2D eigenvalue weighted by atomic mass is 16.5. The zero-order valence-corrected chi connectivity index (χ0v) is 13.5. The van der Waals surface area contributed by atoms with Crippen molar-refractivity contribution in [2.75, 3.05) is 20.8 Å². The normalized spacial score (nSPS) is 15.0. The van der Waals surface area contributed by atoms with Gasteiger partial charge in [-0.05, 0) is 35.4 Å². The second-order valence-corrected chi connectivity index (χ2v) is 5.92. The number of nitrogens with one attached hydrogen (secondary N) is 1. The van der Waals surface area contributed by atoms with Gasteiger partial charge < -0.3 is 14.8 Å². The van der Waals surface area contributed by atoms with Crippen molar-refractivity contribution in [3.8, 4) is 5.75 Å². The molecular formula is C19H21NO3. The molecule has 0 unspecified atom stereocenters. The van der Waals surface area contributed by atoms with Crippen LogP contribution in [0.1, 0.15) is 21.5 Å². The van der Waals surface area contributed by atoms with Gasteiger partial charge in [0.05, 0.1) is 12.7 Å². The van der Waals surface area contributed by atoms with Crippen LogP contribution >= 0.6 is 0 Å². The Labute approximate surface area is 136 Å². The summed E-state index contributed by atoms with van der Waals surface area (Å²) in [6.07, 6.45) is 1.64. The van der Waals surface area contributed by atoms with E-state index in [0.717, 1.165) is 18.6 Å². The predicted octanol–water partition coefficient (Wildman–Crippen LogP) is 2.61. The van der Waals surface area contributed by atoms with E-state index in [9.17, 15) is 4.79 Å². The molecule has 3 rings (SSSR count). The molecule has 120 valence electrons. The van der Waals surface area contributed by atoms with Crippen LogP contribution in [0.5, 0.6) is 5.75 Å². The monoisotopic (exact) mass is 311 g/mol. The molecule has 23 heavy (non-hydrogen) atoms. The Balaban J connectivity index is 1.65. The van der Waals surface area contributed by atoms with Crippen molar-refractivity contribution in [3.63, 3.8) is 0 Å². The molecule has 4 nitrogen and oxygen atoms in total. The van der Waals surface area contributed by atoms with E-state index in [1.165, 1.54) is 11.1 Å². The Hall–Kier alpha value is -2.33. The first-order chi connectivity index (χ1) is 11.2. The van der Waals surface area contributed by atoms with E-state index < -0.39 is 0 Å². The summed E-state index contributed by atoms with van der Waals surface area (Å²) in [7, 11) is 3.32. The molecule has 0 spiro atoms. The van der Waals surface area contributed by atoms with Crippen LogP contribution in [0.3, 0.4) is 0 Å². The van der Waals surface area contributed by atoms with E-state index in [1.54, 1.807) is 38.5 Å². The van der Waals surface area contributed by atoms with Gasteiger partial charge in [-0.1, -0.05) is 24.3 Å². The van der Waals surface area contributed by atoms with Gasteiger partial charge in [-0.15, -0.1) is 0 Å². The van der Waals surface area contributed by atoms with E-state index in [1.807, 2.05) is 12.1 Å². The summed E-state index contributed by atoms with van der Waals surface area (Å²) in [6, 6.07) is 15.4. The minimum Gasteiger partial charge on any atom is -0.497 e. The molecule has 0 aromatic heterocycles. The number of carbonyl (C=O) groups excluding carboxylic acids is 1. The molecule has 2 aromatic carbocycles. The molecule has 4 heteroatoms. The van der Waals surface area contributed by atoms with Crippen molar-refractivity contribution < 1.29 is 14.3 Å². The fourth-order valence-corrected chi connectivity index (χ4v) is 3.09. The summed E-state index contributed by atoms with van der Waals surface area (Å²) < 4.78 is 10.9. The molecule has 1 aliphatic rings. The Morgan fingerprint density at radius 2 is 1.65 bits per heavy atom. The van der Waals surface area contributed by atoms with Gasteiger partial charge in [0.1, 0.15) is 5.75 Å². The molecule has 0 heterocycles.